The lowest BCUT2D eigenvalue weighted by Gasteiger charge is -2.44. The van der Waals surface area contributed by atoms with Crippen molar-refractivity contribution in [3.8, 4) is 17.2 Å². The first-order valence-electron chi connectivity index (χ1n) is 11.1. The number of ether oxygens (including phenoxy) is 1. The van der Waals surface area contributed by atoms with Gasteiger partial charge in [-0.15, -0.1) is 0 Å². The molecule has 4 aromatic rings. The Labute approximate surface area is 197 Å². The highest BCUT2D eigenvalue weighted by atomic mass is 16.5. The zero-order chi connectivity index (χ0) is 23.7. The van der Waals surface area contributed by atoms with Crippen molar-refractivity contribution in [3.63, 3.8) is 0 Å². The molecule has 5 rings (SSSR count). The normalized spacial score (nSPS) is 17.4. The van der Waals surface area contributed by atoms with Gasteiger partial charge in [0.1, 0.15) is 22.7 Å². The Balaban J connectivity index is 1.56. The summed E-state index contributed by atoms with van der Waals surface area (Å²) in [6.07, 6.45) is 1.59. The van der Waals surface area contributed by atoms with E-state index in [1.165, 1.54) is 0 Å². The average Bonchev–Trinajstić information content (AvgIpc) is 3.53. The van der Waals surface area contributed by atoms with Crippen LogP contribution in [0.5, 0.6) is 5.75 Å². The maximum Gasteiger partial charge on any atom is 0.275 e. The van der Waals surface area contributed by atoms with Crippen LogP contribution in [-0.2, 0) is 17.9 Å². The smallest absolute Gasteiger partial charge is 0.275 e. The molecule has 2 aromatic carbocycles. The number of methoxy groups -OCH3 is 1. The van der Waals surface area contributed by atoms with Gasteiger partial charge in [-0.2, -0.15) is 0 Å². The van der Waals surface area contributed by atoms with Crippen LogP contribution in [0.1, 0.15) is 23.0 Å². The topological polar surface area (TPSA) is 76.7 Å². The molecule has 0 bridgehead atoms. The Hall–Kier alpha value is -4.26. The van der Waals surface area contributed by atoms with E-state index >= 15 is 0 Å². The molecule has 1 atom stereocenters. The minimum absolute atomic E-state index is 0.245. The third kappa shape index (κ3) is 3.65. The number of fused-ring (bicyclic) bond motifs is 1. The van der Waals surface area contributed by atoms with Crippen molar-refractivity contribution in [2.24, 2.45) is 0 Å². The van der Waals surface area contributed by atoms with Crippen LogP contribution in [0.15, 0.2) is 89.5 Å². The highest BCUT2D eigenvalue weighted by Gasteiger charge is 2.48. The second-order valence-electron chi connectivity index (χ2n) is 8.45. The summed E-state index contributed by atoms with van der Waals surface area (Å²) in [5.74, 6) is 0.813. The minimum atomic E-state index is -1.19. The molecule has 0 spiro atoms. The van der Waals surface area contributed by atoms with Gasteiger partial charge in [-0.25, -0.2) is 0 Å². The summed E-state index contributed by atoms with van der Waals surface area (Å²) in [5, 5.41) is 3.03. The third-order valence-electron chi connectivity index (χ3n) is 6.25. The van der Waals surface area contributed by atoms with E-state index < -0.39 is 5.54 Å². The Morgan fingerprint density at radius 3 is 2.41 bits per heavy atom. The number of carbonyl (C=O) groups excluding carboxylic acids is 2. The zero-order valence-electron chi connectivity index (χ0n) is 19.0. The highest BCUT2D eigenvalue weighted by molar-refractivity contribution is 6.12. The van der Waals surface area contributed by atoms with Gasteiger partial charge >= 0.3 is 0 Å². The van der Waals surface area contributed by atoms with Crippen LogP contribution in [0, 0.1) is 0 Å². The van der Waals surface area contributed by atoms with Gasteiger partial charge in [0, 0.05) is 12.2 Å². The maximum atomic E-state index is 13.8. The van der Waals surface area contributed by atoms with Crippen LogP contribution in [0.3, 0.4) is 0 Å². The Morgan fingerprint density at radius 1 is 1.00 bits per heavy atom. The lowest BCUT2D eigenvalue weighted by Crippen LogP contribution is -2.64. The van der Waals surface area contributed by atoms with Gasteiger partial charge in [-0.05, 0) is 61.0 Å². The SMILES string of the molecule is COc1ccc(N2C(=O)c3ccc(-c4ccco4)n3CC2(C)C(=O)NCc2ccccc2)cc1. The number of nitrogens with zero attached hydrogens (tertiary/aromatic N) is 2. The standard InChI is InChI=1S/C27H25N3O4/c1-27(26(32)28-17-19-7-4-3-5-8-19)18-29-22(24-9-6-16-34-24)14-15-23(29)25(31)30(27)20-10-12-21(33-2)13-11-20/h3-16H,17-18H2,1-2H3,(H,28,32). The summed E-state index contributed by atoms with van der Waals surface area (Å²) in [4.78, 5) is 29.1. The van der Waals surface area contributed by atoms with Crippen molar-refractivity contribution in [2.45, 2.75) is 25.6 Å². The first-order valence-corrected chi connectivity index (χ1v) is 11.1. The average molecular weight is 456 g/mol. The van der Waals surface area contributed by atoms with E-state index in [0.29, 0.717) is 29.4 Å². The Kier molecular flexibility index (Phi) is 5.45. The number of aromatic nitrogens is 1. The molecular formula is C27H25N3O4. The molecule has 1 N–H and O–H groups in total. The first-order chi connectivity index (χ1) is 16.5. The van der Waals surface area contributed by atoms with Gasteiger partial charge in [0.2, 0.25) is 5.91 Å². The van der Waals surface area contributed by atoms with E-state index in [1.807, 2.05) is 47.0 Å². The van der Waals surface area contributed by atoms with E-state index in [1.54, 1.807) is 61.6 Å². The van der Waals surface area contributed by atoms with Crippen molar-refractivity contribution >= 4 is 17.5 Å². The summed E-state index contributed by atoms with van der Waals surface area (Å²) in [6, 6.07) is 24.1. The molecule has 3 heterocycles. The number of nitrogens with one attached hydrogen (secondary N) is 1. The third-order valence-corrected chi connectivity index (χ3v) is 6.25. The molecule has 0 aliphatic carbocycles. The number of amides is 2. The molecule has 7 heteroatoms. The molecule has 1 aliphatic heterocycles. The molecular weight excluding hydrogens is 430 g/mol. The predicted molar refractivity (Wildman–Crippen MR) is 129 cm³/mol. The molecule has 7 nitrogen and oxygen atoms in total. The van der Waals surface area contributed by atoms with Crippen LogP contribution in [0.25, 0.3) is 11.5 Å². The summed E-state index contributed by atoms with van der Waals surface area (Å²) in [7, 11) is 1.59. The number of carbonyl (C=O) groups is 2. The van der Waals surface area contributed by atoms with Crippen LogP contribution in [0.2, 0.25) is 0 Å². The quantitative estimate of drug-likeness (QED) is 0.465. The molecule has 0 radical (unpaired) electrons. The van der Waals surface area contributed by atoms with Gasteiger partial charge in [-0.1, -0.05) is 30.3 Å². The maximum absolute atomic E-state index is 13.8. The molecule has 1 aliphatic rings. The number of furan rings is 1. The Morgan fingerprint density at radius 2 is 1.74 bits per heavy atom. The number of anilines is 1. The van der Waals surface area contributed by atoms with E-state index in [2.05, 4.69) is 5.32 Å². The van der Waals surface area contributed by atoms with E-state index in [0.717, 1.165) is 11.3 Å². The fraction of sp³-hybridized carbons (Fsp3) is 0.185. The molecule has 2 aromatic heterocycles. The summed E-state index contributed by atoms with van der Waals surface area (Å²) in [6.45, 7) is 2.43. The van der Waals surface area contributed by atoms with Crippen LogP contribution < -0.4 is 15.0 Å². The number of hydrogen-bond acceptors (Lipinski definition) is 4. The van der Waals surface area contributed by atoms with Crippen molar-refractivity contribution in [1.29, 1.82) is 0 Å². The fourth-order valence-electron chi connectivity index (χ4n) is 4.46. The van der Waals surface area contributed by atoms with Gasteiger partial charge in [0.15, 0.2) is 0 Å². The molecule has 1 unspecified atom stereocenters. The van der Waals surface area contributed by atoms with Gasteiger partial charge in [0.25, 0.3) is 5.91 Å². The number of benzene rings is 2. The predicted octanol–water partition coefficient (Wildman–Crippen LogP) is 4.49. The first kappa shape index (κ1) is 21.6. The number of rotatable bonds is 6. The molecule has 0 saturated heterocycles. The van der Waals surface area contributed by atoms with Crippen LogP contribution >= 0.6 is 0 Å². The fourth-order valence-corrected chi connectivity index (χ4v) is 4.46. The van der Waals surface area contributed by atoms with E-state index in [4.69, 9.17) is 9.15 Å². The second-order valence-corrected chi connectivity index (χ2v) is 8.45. The lowest BCUT2D eigenvalue weighted by atomic mass is 9.93. The molecule has 0 fully saturated rings. The number of hydrogen-bond donors (Lipinski definition) is 1. The molecule has 172 valence electrons. The van der Waals surface area contributed by atoms with Crippen molar-refractivity contribution in [3.05, 3.63) is 96.4 Å². The highest BCUT2D eigenvalue weighted by Crippen LogP contribution is 2.37. The second kappa shape index (κ2) is 8.59. The van der Waals surface area contributed by atoms with Crippen molar-refractivity contribution < 1.29 is 18.7 Å². The van der Waals surface area contributed by atoms with Gasteiger partial charge < -0.3 is 19.0 Å². The monoisotopic (exact) mass is 455 g/mol. The molecule has 0 saturated carbocycles. The zero-order valence-corrected chi connectivity index (χ0v) is 19.0. The summed E-state index contributed by atoms with van der Waals surface area (Å²) >= 11 is 0. The van der Waals surface area contributed by atoms with Crippen molar-refractivity contribution in [2.75, 3.05) is 12.0 Å². The van der Waals surface area contributed by atoms with Gasteiger partial charge in [-0.3, -0.25) is 14.5 Å². The Bertz CT molecular complexity index is 1310. The van der Waals surface area contributed by atoms with E-state index in [-0.39, 0.29) is 18.4 Å². The molecule has 34 heavy (non-hydrogen) atoms. The summed E-state index contributed by atoms with van der Waals surface area (Å²) in [5.41, 5.74) is 1.67. The van der Waals surface area contributed by atoms with Gasteiger partial charge in [0.05, 0.1) is 25.6 Å². The van der Waals surface area contributed by atoms with E-state index in [9.17, 15) is 9.59 Å². The largest absolute Gasteiger partial charge is 0.497 e. The van der Waals surface area contributed by atoms with Crippen molar-refractivity contribution in [1.82, 2.24) is 9.88 Å². The van der Waals surface area contributed by atoms with Crippen LogP contribution in [0.4, 0.5) is 5.69 Å². The summed E-state index contributed by atoms with van der Waals surface area (Å²) < 4.78 is 12.7. The minimum Gasteiger partial charge on any atom is -0.497 e. The molecule has 2 amide bonds. The van der Waals surface area contributed by atoms with Crippen LogP contribution in [-0.4, -0.2) is 29.0 Å². The lowest BCUT2D eigenvalue weighted by molar-refractivity contribution is -0.126.